The summed E-state index contributed by atoms with van der Waals surface area (Å²) in [5.74, 6) is 1.02. The van der Waals surface area contributed by atoms with E-state index in [1.165, 1.54) is 50.4 Å². The molecule has 2 aliphatic rings. The summed E-state index contributed by atoms with van der Waals surface area (Å²) >= 11 is 1.81. The number of nitrogens with one attached hydrogen (secondary N) is 1. The van der Waals surface area contributed by atoms with Crippen molar-refractivity contribution in [1.82, 2.24) is 14.8 Å². The maximum absolute atomic E-state index is 4.45. The van der Waals surface area contributed by atoms with Crippen LogP contribution in [-0.4, -0.2) is 54.1 Å². The minimum Gasteiger partial charge on any atom is -0.362 e. The summed E-state index contributed by atoms with van der Waals surface area (Å²) in [7, 11) is 0. The molecular weight excluding hydrogens is 268 g/mol. The van der Waals surface area contributed by atoms with Crippen LogP contribution in [0.1, 0.15) is 31.1 Å². The lowest BCUT2D eigenvalue weighted by Gasteiger charge is -2.34. The Kier molecular flexibility index (Phi) is 4.91. The topological polar surface area (TPSA) is 31.4 Å². The summed E-state index contributed by atoms with van der Waals surface area (Å²) < 4.78 is 0. The van der Waals surface area contributed by atoms with Gasteiger partial charge in [0.05, 0.1) is 0 Å². The van der Waals surface area contributed by atoms with Crippen molar-refractivity contribution in [2.24, 2.45) is 5.92 Å². The maximum atomic E-state index is 4.45. The first-order valence-electron chi connectivity index (χ1n) is 7.97. The monoisotopic (exact) mass is 294 g/mol. The summed E-state index contributed by atoms with van der Waals surface area (Å²) in [5, 5.41) is 4.45. The summed E-state index contributed by atoms with van der Waals surface area (Å²) in [6, 6.07) is 0. The van der Waals surface area contributed by atoms with Crippen LogP contribution >= 0.6 is 11.3 Å². The lowest BCUT2D eigenvalue weighted by Crippen LogP contribution is -2.46. The summed E-state index contributed by atoms with van der Waals surface area (Å²) in [5.41, 5.74) is 0. The molecule has 0 aromatic carbocycles. The van der Waals surface area contributed by atoms with Crippen LogP contribution in [0.4, 0.5) is 5.13 Å². The second kappa shape index (κ2) is 6.87. The van der Waals surface area contributed by atoms with Gasteiger partial charge in [-0.25, -0.2) is 4.98 Å². The van der Waals surface area contributed by atoms with Crippen LogP contribution in [0.15, 0.2) is 6.20 Å². The van der Waals surface area contributed by atoms with Crippen molar-refractivity contribution in [3.05, 3.63) is 11.1 Å². The van der Waals surface area contributed by atoms with Gasteiger partial charge in [-0.2, -0.15) is 0 Å². The molecule has 0 spiro atoms. The van der Waals surface area contributed by atoms with Crippen molar-refractivity contribution in [1.29, 1.82) is 0 Å². The van der Waals surface area contributed by atoms with Crippen molar-refractivity contribution in [2.45, 2.75) is 32.7 Å². The highest BCUT2D eigenvalue weighted by molar-refractivity contribution is 7.15. The minimum absolute atomic E-state index is 1.02. The Morgan fingerprint density at radius 3 is 2.70 bits per heavy atom. The van der Waals surface area contributed by atoms with Gasteiger partial charge in [0.15, 0.2) is 5.13 Å². The second-order valence-corrected chi connectivity index (χ2v) is 7.19. The van der Waals surface area contributed by atoms with Gasteiger partial charge in [-0.15, -0.1) is 11.3 Å². The van der Waals surface area contributed by atoms with Crippen LogP contribution < -0.4 is 5.32 Å². The summed E-state index contributed by atoms with van der Waals surface area (Å²) in [4.78, 5) is 11.1. The molecule has 0 bridgehead atoms. The molecule has 3 rings (SSSR count). The van der Waals surface area contributed by atoms with E-state index in [-0.39, 0.29) is 0 Å². The lowest BCUT2D eigenvalue weighted by atomic mass is 10.2. The smallest absolute Gasteiger partial charge is 0.182 e. The van der Waals surface area contributed by atoms with E-state index >= 15 is 0 Å². The van der Waals surface area contributed by atoms with Gasteiger partial charge in [0.25, 0.3) is 0 Å². The quantitative estimate of drug-likeness (QED) is 0.837. The Hall–Kier alpha value is -0.650. The van der Waals surface area contributed by atoms with Crippen molar-refractivity contribution in [3.63, 3.8) is 0 Å². The van der Waals surface area contributed by atoms with Crippen molar-refractivity contribution in [2.75, 3.05) is 44.6 Å². The first kappa shape index (κ1) is 14.3. The van der Waals surface area contributed by atoms with Crippen LogP contribution in [0.3, 0.4) is 0 Å². The predicted molar refractivity (Wildman–Crippen MR) is 85.3 cm³/mol. The number of rotatable bonds is 7. The number of hydrogen-bond acceptors (Lipinski definition) is 5. The largest absolute Gasteiger partial charge is 0.362 e. The first-order chi connectivity index (χ1) is 9.83. The third kappa shape index (κ3) is 4.17. The van der Waals surface area contributed by atoms with E-state index in [0.29, 0.717) is 0 Å². The number of hydrogen-bond donors (Lipinski definition) is 1. The molecule has 1 aliphatic carbocycles. The van der Waals surface area contributed by atoms with E-state index in [9.17, 15) is 0 Å². The van der Waals surface area contributed by atoms with Gasteiger partial charge >= 0.3 is 0 Å². The Morgan fingerprint density at radius 1 is 1.25 bits per heavy atom. The number of piperazine rings is 1. The van der Waals surface area contributed by atoms with Crippen molar-refractivity contribution < 1.29 is 0 Å². The Morgan fingerprint density at radius 2 is 2.00 bits per heavy atom. The molecule has 2 heterocycles. The fourth-order valence-corrected chi connectivity index (χ4v) is 3.59. The molecule has 1 saturated heterocycles. The Bertz CT molecular complexity index is 408. The van der Waals surface area contributed by atoms with Gasteiger partial charge in [-0.1, -0.05) is 6.92 Å². The minimum atomic E-state index is 1.02. The average Bonchev–Trinajstić information content (AvgIpc) is 3.17. The molecule has 1 aromatic rings. The number of nitrogens with zero attached hydrogens (tertiary/aromatic N) is 3. The molecule has 20 heavy (non-hydrogen) atoms. The van der Waals surface area contributed by atoms with Gasteiger partial charge in [-0.3, -0.25) is 4.90 Å². The fourth-order valence-electron chi connectivity index (χ4n) is 2.71. The van der Waals surface area contributed by atoms with Crippen LogP contribution in [0.2, 0.25) is 0 Å². The molecule has 1 aliphatic heterocycles. The molecule has 0 atom stereocenters. The highest BCUT2D eigenvalue weighted by atomic mass is 32.1. The zero-order valence-corrected chi connectivity index (χ0v) is 13.3. The van der Waals surface area contributed by atoms with Crippen LogP contribution in [-0.2, 0) is 6.54 Å². The molecule has 1 aromatic heterocycles. The van der Waals surface area contributed by atoms with E-state index in [1.807, 2.05) is 17.5 Å². The molecule has 0 amide bonds. The van der Waals surface area contributed by atoms with Crippen LogP contribution in [0.5, 0.6) is 0 Å². The zero-order valence-electron chi connectivity index (χ0n) is 12.5. The first-order valence-corrected chi connectivity index (χ1v) is 8.78. The zero-order chi connectivity index (χ0) is 13.8. The van der Waals surface area contributed by atoms with Gasteiger partial charge < -0.3 is 10.2 Å². The molecule has 5 heteroatoms. The molecule has 2 fully saturated rings. The SMILES string of the molecule is CCCNc1ncc(CN2CCN(CC3CC3)CC2)s1. The highest BCUT2D eigenvalue weighted by Crippen LogP contribution is 2.30. The molecule has 0 unspecified atom stereocenters. The number of thiazole rings is 1. The summed E-state index contributed by atoms with van der Waals surface area (Å²) in [6.07, 6.45) is 6.13. The normalized spacial score (nSPS) is 21.2. The summed E-state index contributed by atoms with van der Waals surface area (Å²) in [6.45, 7) is 10.5. The average molecular weight is 294 g/mol. The maximum Gasteiger partial charge on any atom is 0.182 e. The Balaban J connectivity index is 1.40. The van der Waals surface area contributed by atoms with E-state index in [0.717, 1.165) is 30.6 Å². The third-order valence-corrected chi connectivity index (χ3v) is 5.08. The lowest BCUT2D eigenvalue weighted by molar-refractivity contribution is 0.124. The van der Waals surface area contributed by atoms with Crippen LogP contribution in [0, 0.1) is 5.92 Å². The number of aromatic nitrogens is 1. The molecule has 112 valence electrons. The van der Waals surface area contributed by atoms with E-state index in [1.54, 1.807) is 0 Å². The van der Waals surface area contributed by atoms with E-state index < -0.39 is 0 Å². The van der Waals surface area contributed by atoms with Gasteiger partial charge in [0.1, 0.15) is 0 Å². The standard InChI is InChI=1S/C15H26N4S/c1-2-5-16-15-17-10-14(20-15)12-19-8-6-18(7-9-19)11-13-3-4-13/h10,13H,2-9,11-12H2,1H3,(H,16,17). The van der Waals surface area contributed by atoms with E-state index in [2.05, 4.69) is 27.0 Å². The molecule has 1 saturated carbocycles. The highest BCUT2D eigenvalue weighted by Gasteiger charge is 2.26. The molecule has 0 radical (unpaired) electrons. The fraction of sp³-hybridized carbons (Fsp3) is 0.800. The predicted octanol–water partition coefficient (Wildman–Crippen LogP) is 2.49. The van der Waals surface area contributed by atoms with Gasteiger partial charge in [0.2, 0.25) is 0 Å². The molecule has 4 nitrogen and oxygen atoms in total. The van der Waals surface area contributed by atoms with Gasteiger partial charge in [0, 0.05) is 56.9 Å². The van der Waals surface area contributed by atoms with Crippen LogP contribution in [0.25, 0.3) is 0 Å². The third-order valence-electron chi connectivity index (χ3n) is 4.14. The second-order valence-electron chi connectivity index (χ2n) is 6.08. The van der Waals surface area contributed by atoms with Gasteiger partial charge in [-0.05, 0) is 25.2 Å². The van der Waals surface area contributed by atoms with Crippen molar-refractivity contribution in [3.8, 4) is 0 Å². The molecular formula is C15H26N4S. The van der Waals surface area contributed by atoms with E-state index in [4.69, 9.17) is 0 Å². The molecule has 1 N–H and O–H groups in total. The number of anilines is 1. The Labute approximate surface area is 126 Å². The van der Waals surface area contributed by atoms with Crippen molar-refractivity contribution >= 4 is 16.5 Å².